The van der Waals surface area contributed by atoms with Gasteiger partial charge in [-0.3, -0.25) is 15.0 Å². The van der Waals surface area contributed by atoms with E-state index in [-0.39, 0.29) is 11.4 Å². The molecule has 6 nitrogen and oxygen atoms in total. The fourth-order valence-corrected chi connectivity index (χ4v) is 0.532. The van der Waals surface area contributed by atoms with Gasteiger partial charge in [-0.1, -0.05) is 0 Å². The van der Waals surface area contributed by atoms with E-state index in [4.69, 9.17) is 5.11 Å². The number of nitrogens with one attached hydrogen (secondary N) is 2. The summed E-state index contributed by atoms with van der Waals surface area (Å²) in [5, 5.41) is 12.7. The van der Waals surface area contributed by atoms with E-state index in [1.807, 2.05) is 0 Å². The number of aromatic nitrogens is 2. The first-order valence-corrected chi connectivity index (χ1v) is 2.81. The molecule has 0 unspecified atom stereocenters. The third-order valence-electron chi connectivity index (χ3n) is 0.922. The molecule has 60 valence electrons. The van der Waals surface area contributed by atoms with Gasteiger partial charge >= 0.3 is 5.97 Å². The molecule has 0 saturated heterocycles. The lowest BCUT2D eigenvalue weighted by atomic mass is 10.6. The second-order valence-corrected chi connectivity index (χ2v) is 1.81. The molecular formula is C5H6N2O4. The third-order valence-corrected chi connectivity index (χ3v) is 0.922. The molecule has 0 aliphatic carbocycles. The number of hydrogen-bond donors (Lipinski definition) is 3. The molecule has 1 aromatic heterocycles. The Morgan fingerprint density at radius 3 is 2.82 bits per heavy atom. The largest absolute Gasteiger partial charge is 0.479 e. The van der Waals surface area contributed by atoms with Gasteiger partial charge in [-0.05, 0) is 0 Å². The van der Waals surface area contributed by atoms with Gasteiger partial charge in [0.05, 0.1) is 6.07 Å². The van der Waals surface area contributed by atoms with Gasteiger partial charge in [0.15, 0.2) is 6.61 Å². The Bertz CT molecular complexity index is 299. The Labute approximate surface area is 60.8 Å². The van der Waals surface area contributed by atoms with Crippen molar-refractivity contribution in [2.45, 2.75) is 0 Å². The Morgan fingerprint density at radius 2 is 2.36 bits per heavy atom. The highest BCUT2D eigenvalue weighted by molar-refractivity contribution is 5.68. The molecule has 3 N–H and O–H groups in total. The van der Waals surface area contributed by atoms with Gasteiger partial charge < -0.3 is 9.84 Å². The van der Waals surface area contributed by atoms with E-state index in [0.29, 0.717) is 0 Å². The summed E-state index contributed by atoms with van der Waals surface area (Å²) in [7, 11) is 0. The van der Waals surface area contributed by atoms with Crippen molar-refractivity contribution in [2.75, 3.05) is 6.61 Å². The van der Waals surface area contributed by atoms with Gasteiger partial charge in [0.25, 0.3) is 5.56 Å². The van der Waals surface area contributed by atoms with Crippen LogP contribution in [-0.2, 0) is 4.79 Å². The van der Waals surface area contributed by atoms with Crippen LogP contribution in [0.4, 0.5) is 0 Å². The lowest BCUT2D eigenvalue weighted by Gasteiger charge is -1.95. The highest BCUT2D eigenvalue weighted by atomic mass is 16.5. The van der Waals surface area contributed by atoms with Gasteiger partial charge in [0, 0.05) is 0 Å². The number of H-pyrrole nitrogens is 2. The van der Waals surface area contributed by atoms with Crippen LogP contribution in [0.5, 0.6) is 5.88 Å². The molecule has 1 heterocycles. The van der Waals surface area contributed by atoms with Crippen molar-refractivity contribution in [1.29, 1.82) is 0 Å². The molecule has 1 aromatic rings. The normalized spacial score (nSPS) is 9.45. The molecule has 0 aliphatic heterocycles. The summed E-state index contributed by atoms with van der Waals surface area (Å²) in [6, 6.07) is 1.13. The first-order valence-electron chi connectivity index (χ1n) is 2.81. The van der Waals surface area contributed by atoms with Gasteiger partial charge in [0.2, 0.25) is 5.88 Å². The number of aliphatic carboxylic acids is 1. The molecule has 6 heteroatoms. The second-order valence-electron chi connectivity index (χ2n) is 1.81. The van der Waals surface area contributed by atoms with Crippen molar-refractivity contribution in [1.82, 2.24) is 10.2 Å². The molecule has 0 bridgehead atoms. The SMILES string of the molecule is O=C(O)COc1cc(=O)[nH][nH]1. The fraction of sp³-hybridized carbons (Fsp3) is 0.200. The van der Waals surface area contributed by atoms with E-state index in [2.05, 4.69) is 14.9 Å². The van der Waals surface area contributed by atoms with Gasteiger partial charge in [-0.15, -0.1) is 0 Å². The highest BCUT2D eigenvalue weighted by Gasteiger charge is 1.99. The minimum absolute atomic E-state index is 0.123. The maximum Gasteiger partial charge on any atom is 0.341 e. The summed E-state index contributed by atoms with van der Waals surface area (Å²) in [4.78, 5) is 20.4. The predicted octanol–water partition coefficient (Wildman–Crippen LogP) is -0.834. The van der Waals surface area contributed by atoms with Crippen LogP contribution < -0.4 is 10.3 Å². The summed E-state index contributed by atoms with van der Waals surface area (Å²) < 4.78 is 4.60. The molecule has 0 spiro atoms. The van der Waals surface area contributed by atoms with Crippen molar-refractivity contribution in [3.05, 3.63) is 16.4 Å². The van der Waals surface area contributed by atoms with Crippen LogP contribution in [0.1, 0.15) is 0 Å². The van der Waals surface area contributed by atoms with Crippen molar-refractivity contribution < 1.29 is 14.6 Å². The molecule has 11 heavy (non-hydrogen) atoms. The van der Waals surface area contributed by atoms with E-state index < -0.39 is 12.6 Å². The lowest BCUT2D eigenvalue weighted by molar-refractivity contribution is -0.139. The van der Waals surface area contributed by atoms with Crippen LogP contribution in [0.25, 0.3) is 0 Å². The molecule has 1 rings (SSSR count). The number of carboxylic acids is 1. The summed E-state index contributed by atoms with van der Waals surface area (Å²) in [6.45, 7) is -0.464. The third kappa shape index (κ3) is 2.17. The standard InChI is InChI=1S/C5H6N2O4/c8-3-1-4(7-6-3)11-2-5(9)10/h1H,2H2,(H,9,10)(H2,6,7,8). The van der Waals surface area contributed by atoms with Crippen LogP contribution >= 0.6 is 0 Å². The minimum atomic E-state index is -1.09. The number of rotatable bonds is 3. The van der Waals surface area contributed by atoms with Crippen LogP contribution in [0.15, 0.2) is 10.9 Å². The van der Waals surface area contributed by atoms with Crippen molar-refractivity contribution in [3.8, 4) is 5.88 Å². The average molecular weight is 158 g/mol. The maximum atomic E-state index is 10.4. The number of hydrogen-bond acceptors (Lipinski definition) is 3. The van der Waals surface area contributed by atoms with Gasteiger partial charge in [-0.2, -0.15) is 0 Å². The number of aromatic amines is 2. The van der Waals surface area contributed by atoms with Crippen molar-refractivity contribution in [3.63, 3.8) is 0 Å². The van der Waals surface area contributed by atoms with Gasteiger partial charge in [0.1, 0.15) is 0 Å². The Balaban J connectivity index is 2.51. The Morgan fingerprint density at radius 1 is 1.64 bits per heavy atom. The fourth-order valence-electron chi connectivity index (χ4n) is 0.532. The zero-order valence-corrected chi connectivity index (χ0v) is 5.46. The van der Waals surface area contributed by atoms with Gasteiger partial charge in [-0.25, -0.2) is 4.79 Å². The first-order chi connectivity index (χ1) is 5.18. The first kappa shape index (κ1) is 7.39. The minimum Gasteiger partial charge on any atom is -0.479 e. The predicted molar refractivity (Wildman–Crippen MR) is 34.5 cm³/mol. The summed E-state index contributed by atoms with van der Waals surface area (Å²) >= 11 is 0. The van der Waals surface area contributed by atoms with E-state index in [1.165, 1.54) is 0 Å². The summed E-state index contributed by atoms with van der Waals surface area (Å²) in [6.07, 6.45) is 0. The quantitative estimate of drug-likeness (QED) is 0.534. The Kier molecular flexibility index (Phi) is 1.95. The maximum absolute atomic E-state index is 10.4. The lowest BCUT2D eigenvalue weighted by Crippen LogP contribution is -2.09. The van der Waals surface area contributed by atoms with E-state index >= 15 is 0 Å². The van der Waals surface area contributed by atoms with Crippen molar-refractivity contribution in [2.24, 2.45) is 0 Å². The zero-order valence-electron chi connectivity index (χ0n) is 5.46. The molecule has 0 fully saturated rings. The molecule has 0 radical (unpaired) electrons. The molecule has 0 aromatic carbocycles. The van der Waals surface area contributed by atoms with Crippen LogP contribution in [0.3, 0.4) is 0 Å². The smallest absolute Gasteiger partial charge is 0.341 e. The highest BCUT2D eigenvalue weighted by Crippen LogP contribution is 1.97. The van der Waals surface area contributed by atoms with E-state index in [1.54, 1.807) is 0 Å². The second kappa shape index (κ2) is 2.91. The topological polar surface area (TPSA) is 95.2 Å². The molecule has 0 atom stereocenters. The van der Waals surface area contributed by atoms with Crippen LogP contribution in [-0.4, -0.2) is 27.9 Å². The van der Waals surface area contributed by atoms with Crippen LogP contribution in [0.2, 0.25) is 0 Å². The van der Waals surface area contributed by atoms with Crippen LogP contribution in [0, 0.1) is 0 Å². The number of ether oxygens (including phenoxy) is 1. The molecule has 0 amide bonds. The van der Waals surface area contributed by atoms with E-state index in [0.717, 1.165) is 6.07 Å². The summed E-state index contributed by atoms with van der Waals surface area (Å²) in [5.74, 6) is -0.968. The monoisotopic (exact) mass is 158 g/mol. The molecule has 0 aliphatic rings. The van der Waals surface area contributed by atoms with E-state index in [9.17, 15) is 9.59 Å². The zero-order chi connectivity index (χ0) is 8.27. The summed E-state index contributed by atoms with van der Waals surface area (Å²) in [5.41, 5.74) is -0.356. The van der Waals surface area contributed by atoms with Crippen molar-refractivity contribution >= 4 is 5.97 Å². The number of carbonyl (C=O) groups is 1. The average Bonchev–Trinajstić information content (AvgIpc) is 2.31. The number of carboxylic acid groups (broad SMARTS) is 1. The molecular weight excluding hydrogens is 152 g/mol. The molecule has 0 saturated carbocycles. The Hall–Kier alpha value is -1.72.